The van der Waals surface area contributed by atoms with Gasteiger partial charge in [-0.3, -0.25) is 4.79 Å². The second-order valence-electron chi connectivity index (χ2n) is 6.12. The zero-order chi connectivity index (χ0) is 18.1. The number of aryl methyl sites for hydroxylation is 2. The molecule has 1 atom stereocenters. The van der Waals surface area contributed by atoms with Crippen molar-refractivity contribution in [3.63, 3.8) is 0 Å². The van der Waals surface area contributed by atoms with E-state index in [1.54, 1.807) is 24.7 Å². The van der Waals surface area contributed by atoms with E-state index < -0.39 is 0 Å². The standard InChI is InChI=1S/C17H19N7OS/c1-11-13(26-16(22-11)14-19-4-3-5-20-14)17(25)24-9-6-18-10-12(24)15-21-7-8-23(15)2/h3-5,7-8,12,18H,6,9-10H2,1-2H3. The van der Waals surface area contributed by atoms with Crippen LogP contribution in [0.2, 0.25) is 0 Å². The molecule has 0 aromatic carbocycles. The Morgan fingerprint density at radius 3 is 2.81 bits per heavy atom. The number of rotatable bonds is 3. The third kappa shape index (κ3) is 2.99. The number of imidazole rings is 1. The van der Waals surface area contributed by atoms with Crippen LogP contribution in [-0.2, 0) is 7.05 Å². The van der Waals surface area contributed by atoms with Gasteiger partial charge >= 0.3 is 0 Å². The molecule has 134 valence electrons. The SMILES string of the molecule is Cc1nc(-c2ncccn2)sc1C(=O)N1CCNCC1c1nccn1C. The van der Waals surface area contributed by atoms with E-state index in [0.29, 0.717) is 34.5 Å². The van der Waals surface area contributed by atoms with E-state index in [-0.39, 0.29) is 11.9 Å². The number of piperazine rings is 1. The predicted molar refractivity (Wildman–Crippen MR) is 97.7 cm³/mol. The largest absolute Gasteiger partial charge is 0.336 e. The molecule has 1 unspecified atom stereocenters. The smallest absolute Gasteiger partial charge is 0.266 e. The molecule has 26 heavy (non-hydrogen) atoms. The van der Waals surface area contributed by atoms with E-state index in [1.807, 2.05) is 29.6 Å². The molecule has 1 amide bonds. The third-order valence-electron chi connectivity index (χ3n) is 4.41. The van der Waals surface area contributed by atoms with Crippen LogP contribution in [0.3, 0.4) is 0 Å². The van der Waals surface area contributed by atoms with Gasteiger partial charge in [-0.05, 0) is 13.0 Å². The molecule has 4 heterocycles. The molecular formula is C17H19N7OS. The second kappa shape index (κ2) is 6.93. The van der Waals surface area contributed by atoms with E-state index in [1.165, 1.54) is 11.3 Å². The highest BCUT2D eigenvalue weighted by molar-refractivity contribution is 7.17. The van der Waals surface area contributed by atoms with Crippen LogP contribution >= 0.6 is 11.3 Å². The minimum Gasteiger partial charge on any atom is -0.336 e. The van der Waals surface area contributed by atoms with Crippen molar-refractivity contribution in [2.24, 2.45) is 7.05 Å². The van der Waals surface area contributed by atoms with Gasteiger partial charge in [-0.1, -0.05) is 0 Å². The van der Waals surface area contributed by atoms with Gasteiger partial charge in [0.1, 0.15) is 16.7 Å². The number of carbonyl (C=O) groups is 1. The Bertz CT molecular complexity index is 920. The highest BCUT2D eigenvalue weighted by Gasteiger charge is 2.33. The molecular weight excluding hydrogens is 350 g/mol. The highest BCUT2D eigenvalue weighted by Crippen LogP contribution is 2.29. The average molecular weight is 369 g/mol. The molecule has 4 rings (SSSR count). The Kier molecular flexibility index (Phi) is 4.48. The number of aromatic nitrogens is 5. The molecule has 8 nitrogen and oxygen atoms in total. The van der Waals surface area contributed by atoms with Crippen molar-refractivity contribution in [1.29, 1.82) is 0 Å². The van der Waals surface area contributed by atoms with Gasteiger partial charge < -0.3 is 14.8 Å². The van der Waals surface area contributed by atoms with Crippen molar-refractivity contribution in [3.05, 3.63) is 47.2 Å². The Hall–Kier alpha value is -2.65. The molecule has 3 aromatic heterocycles. The molecule has 9 heteroatoms. The zero-order valence-electron chi connectivity index (χ0n) is 14.6. The summed E-state index contributed by atoms with van der Waals surface area (Å²) in [7, 11) is 1.95. The van der Waals surface area contributed by atoms with Gasteiger partial charge in [-0.25, -0.2) is 19.9 Å². The maximum Gasteiger partial charge on any atom is 0.266 e. The first-order valence-electron chi connectivity index (χ1n) is 8.39. The number of nitrogens with zero attached hydrogens (tertiary/aromatic N) is 6. The Balaban J connectivity index is 1.66. The maximum atomic E-state index is 13.3. The van der Waals surface area contributed by atoms with Crippen LogP contribution in [0.5, 0.6) is 0 Å². The molecule has 1 aliphatic heterocycles. The van der Waals surface area contributed by atoms with E-state index in [0.717, 1.165) is 12.4 Å². The van der Waals surface area contributed by atoms with Crippen LogP contribution < -0.4 is 5.32 Å². The highest BCUT2D eigenvalue weighted by atomic mass is 32.1. The van der Waals surface area contributed by atoms with Gasteiger partial charge in [-0.15, -0.1) is 11.3 Å². The first-order chi connectivity index (χ1) is 12.6. The molecule has 1 saturated heterocycles. The first kappa shape index (κ1) is 16.8. The fraction of sp³-hybridized carbons (Fsp3) is 0.353. The van der Waals surface area contributed by atoms with E-state index in [2.05, 4.69) is 25.3 Å². The molecule has 0 aliphatic carbocycles. The lowest BCUT2D eigenvalue weighted by atomic mass is 10.1. The monoisotopic (exact) mass is 369 g/mol. The van der Waals surface area contributed by atoms with Crippen molar-refractivity contribution in [3.8, 4) is 10.8 Å². The number of amides is 1. The first-order valence-corrected chi connectivity index (χ1v) is 9.20. The fourth-order valence-electron chi connectivity index (χ4n) is 3.11. The van der Waals surface area contributed by atoms with Crippen LogP contribution in [0.15, 0.2) is 30.9 Å². The van der Waals surface area contributed by atoms with Gasteiger partial charge in [0.05, 0.1) is 5.69 Å². The minimum atomic E-state index is -0.103. The lowest BCUT2D eigenvalue weighted by molar-refractivity contribution is 0.0625. The van der Waals surface area contributed by atoms with Gasteiger partial charge in [-0.2, -0.15) is 0 Å². The van der Waals surface area contributed by atoms with Gasteiger partial charge in [0.2, 0.25) is 0 Å². The summed E-state index contributed by atoms with van der Waals surface area (Å²) in [6.07, 6.45) is 7.01. The third-order valence-corrected chi connectivity index (χ3v) is 5.55. The van der Waals surface area contributed by atoms with Crippen molar-refractivity contribution >= 4 is 17.2 Å². The van der Waals surface area contributed by atoms with Crippen LogP contribution in [0.25, 0.3) is 10.8 Å². The Morgan fingerprint density at radius 2 is 2.08 bits per heavy atom. The lowest BCUT2D eigenvalue weighted by Crippen LogP contribution is -2.49. The number of hydrogen-bond acceptors (Lipinski definition) is 7. The topological polar surface area (TPSA) is 88.8 Å². The number of carbonyl (C=O) groups excluding carboxylic acids is 1. The van der Waals surface area contributed by atoms with Crippen molar-refractivity contribution < 1.29 is 4.79 Å². The van der Waals surface area contributed by atoms with Gasteiger partial charge in [0.15, 0.2) is 10.8 Å². The molecule has 0 saturated carbocycles. The molecule has 1 N–H and O–H groups in total. The normalized spacial score (nSPS) is 17.5. The number of hydrogen-bond donors (Lipinski definition) is 1. The van der Waals surface area contributed by atoms with Crippen LogP contribution in [0.4, 0.5) is 0 Å². The minimum absolute atomic E-state index is 0.0170. The summed E-state index contributed by atoms with van der Waals surface area (Å²) in [5.74, 6) is 1.40. The fourth-order valence-corrected chi connectivity index (χ4v) is 4.08. The average Bonchev–Trinajstić information content (AvgIpc) is 3.27. The molecule has 0 spiro atoms. The zero-order valence-corrected chi connectivity index (χ0v) is 15.4. The second-order valence-corrected chi connectivity index (χ2v) is 7.12. The van der Waals surface area contributed by atoms with Crippen molar-refractivity contribution in [2.45, 2.75) is 13.0 Å². The molecule has 1 fully saturated rings. The summed E-state index contributed by atoms with van der Waals surface area (Å²) < 4.78 is 1.96. The molecule has 3 aromatic rings. The van der Waals surface area contributed by atoms with Crippen LogP contribution in [0.1, 0.15) is 27.2 Å². The summed E-state index contributed by atoms with van der Waals surface area (Å²) in [4.78, 5) is 33.2. The summed E-state index contributed by atoms with van der Waals surface area (Å²) >= 11 is 1.34. The molecule has 1 aliphatic rings. The number of nitrogens with one attached hydrogen (secondary N) is 1. The van der Waals surface area contributed by atoms with Crippen molar-refractivity contribution in [2.75, 3.05) is 19.6 Å². The van der Waals surface area contributed by atoms with E-state index >= 15 is 0 Å². The van der Waals surface area contributed by atoms with Gasteiger partial charge in [0, 0.05) is 51.5 Å². The van der Waals surface area contributed by atoms with Crippen molar-refractivity contribution in [1.82, 2.24) is 34.7 Å². The summed E-state index contributed by atoms with van der Waals surface area (Å²) in [6, 6.07) is 1.66. The Morgan fingerprint density at radius 1 is 1.27 bits per heavy atom. The lowest BCUT2D eigenvalue weighted by Gasteiger charge is -2.35. The summed E-state index contributed by atoms with van der Waals surface area (Å²) in [5, 5.41) is 4.02. The Labute approximate surface area is 155 Å². The summed E-state index contributed by atoms with van der Waals surface area (Å²) in [6.45, 7) is 3.93. The maximum absolute atomic E-state index is 13.3. The van der Waals surface area contributed by atoms with Crippen LogP contribution in [0, 0.1) is 6.92 Å². The summed E-state index contributed by atoms with van der Waals surface area (Å²) in [5.41, 5.74) is 0.708. The molecule has 0 radical (unpaired) electrons. The number of thiazole rings is 1. The predicted octanol–water partition coefficient (Wildman–Crippen LogP) is 1.43. The van der Waals surface area contributed by atoms with Gasteiger partial charge in [0.25, 0.3) is 5.91 Å². The van der Waals surface area contributed by atoms with E-state index in [9.17, 15) is 4.79 Å². The molecule has 0 bridgehead atoms. The van der Waals surface area contributed by atoms with E-state index in [4.69, 9.17) is 0 Å². The quantitative estimate of drug-likeness (QED) is 0.751. The van der Waals surface area contributed by atoms with Crippen LogP contribution in [-0.4, -0.2) is 54.9 Å².